The van der Waals surface area contributed by atoms with Gasteiger partial charge in [0.25, 0.3) is 0 Å². The highest BCUT2D eigenvalue weighted by atomic mass is 32.2. The van der Waals surface area contributed by atoms with Crippen molar-refractivity contribution in [3.05, 3.63) is 24.3 Å². The van der Waals surface area contributed by atoms with Crippen LogP contribution in [-0.2, 0) is 10.0 Å². The average molecular weight is 298 g/mol. The quantitative estimate of drug-likeness (QED) is 0.813. The summed E-state index contributed by atoms with van der Waals surface area (Å²) in [6.45, 7) is 11.6. The Morgan fingerprint density at radius 2 is 1.80 bits per heavy atom. The van der Waals surface area contributed by atoms with Crippen molar-refractivity contribution in [2.24, 2.45) is 11.3 Å². The fraction of sp³-hybridized carbons (Fsp3) is 0.600. The van der Waals surface area contributed by atoms with E-state index in [4.69, 9.17) is 0 Å². The normalized spacial score (nSPS) is 12.7. The van der Waals surface area contributed by atoms with Crippen LogP contribution in [0.3, 0.4) is 0 Å². The van der Waals surface area contributed by atoms with E-state index in [1.807, 2.05) is 6.07 Å². The van der Waals surface area contributed by atoms with Crippen molar-refractivity contribution in [1.82, 2.24) is 4.72 Å². The second kappa shape index (κ2) is 6.59. The molecule has 20 heavy (non-hydrogen) atoms. The fourth-order valence-corrected chi connectivity index (χ4v) is 2.86. The predicted molar refractivity (Wildman–Crippen MR) is 84.4 cm³/mol. The third-order valence-corrected chi connectivity index (χ3v) is 5.41. The summed E-state index contributed by atoms with van der Waals surface area (Å²) in [5.41, 5.74) is 0.747. The van der Waals surface area contributed by atoms with Gasteiger partial charge in [0.05, 0.1) is 5.69 Å². The molecule has 4 nitrogen and oxygen atoms in total. The molecule has 0 aliphatic carbocycles. The number of para-hydroxylation sites is 1. The zero-order valence-electron chi connectivity index (χ0n) is 13.0. The van der Waals surface area contributed by atoms with Crippen LogP contribution in [-0.4, -0.2) is 21.5 Å². The molecule has 0 atom stereocenters. The first-order chi connectivity index (χ1) is 9.20. The van der Waals surface area contributed by atoms with Gasteiger partial charge in [-0.05, 0) is 23.5 Å². The van der Waals surface area contributed by atoms with Crippen LogP contribution >= 0.6 is 0 Å². The minimum atomic E-state index is -3.44. The van der Waals surface area contributed by atoms with Crippen LogP contribution in [0.15, 0.2) is 29.2 Å². The molecule has 5 heteroatoms. The van der Waals surface area contributed by atoms with Gasteiger partial charge in [0.15, 0.2) is 0 Å². The Morgan fingerprint density at radius 3 is 2.35 bits per heavy atom. The van der Waals surface area contributed by atoms with Crippen molar-refractivity contribution < 1.29 is 8.42 Å². The Hall–Kier alpha value is -1.07. The molecule has 0 saturated heterocycles. The minimum Gasteiger partial charge on any atom is -0.383 e. The molecule has 0 unspecified atom stereocenters. The summed E-state index contributed by atoms with van der Waals surface area (Å²) in [6.07, 6.45) is 0. The molecule has 0 bridgehead atoms. The summed E-state index contributed by atoms with van der Waals surface area (Å²) in [5.74, 6) is 0.507. The van der Waals surface area contributed by atoms with E-state index >= 15 is 0 Å². The number of benzene rings is 1. The molecule has 0 saturated carbocycles. The SMILES string of the molecule is CCNS(=O)(=O)c1ccccc1NCC(C)(C)C(C)C. The predicted octanol–water partition coefficient (Wildman–Crippen LogP) is 3.08. The number of nitrogens with one attached hydrogen (secondary N) is 2. The Kier molecular flexibility index (Phi) is 5.59. The molecule has 0 spiro atoms. The van der Waals surface area contributed by atoms with Crippen LogP contribution in [0.5, 0.6) is 0 Å². The van der Waals surface area contributed by atoms with E-state index in [1.165, 1.54) is 0 Å². The van der Waals surface area contributed by atoms with Crippen LogP contribution in [0.1, 0.15) is 34.6 Å². The van der Waals surface area contributed by atoms with E-state index in [-0.39, 0.29) is 5.41 Å². The molecule has 0 fully saturated rings. The largest absolute Gasteiger partial charge is 0.383 e. The third kappa shape index (κ3) is 4.21. The van der Waals surface area contributed by atoms with Gasteiger partial charge in [0, 0.05) is 13.1 Å². The van der Waals surface area contributed by atoms with Crippen LogP contribution < -0.4 is 10.0 Å². The van der Waals surface area contributed by atoms with Crippen LogP contribution in [0.2, 0.25) is 0 Å². The van der Waals surface area contributed by atoms with E-state index in [2.05, 4.69) is 37.7 Å². The highest BCUT2D eigenvalue weighted by Gasteiger charge is 2.23. The summed E-state index contributed by atoms with van der Waals surface area (Å²) in [5, 5.41) is 3.28. The Labute approximate surface area is 123 Å². The van der Waals surface area contributed by atoms with Gasteiger partial charge in [-0.2, -0.15) is 0 Å². The molecule has 0 aromatic heterocycles. The van der Waals surface area contributed by atoms with Crippen LogP contribution in [0, 0.1) is 11.3 Å². The maximum Gasteiger partial charge on any atom is 0.242 e. The molecule has 0 amide bonds. The zero-order valence-corrected chi connectivity index (χ0v) is 13.8. The van der Waals surface area contributed by atoms with Crippen molar-refractivity contribution in [2.45, 2.75) is 39.5 Å². The van der Waals surface area contributed by atoms with E-state index < -0.39 is 10.0 Å². The van der Waals surface area contributed by atoms with Gasteiger partial charge in [0.2, 0.25) is 10.0 Å². The van der Waals surface area contributed by atoms with Gasteiger partial charge in [-0.25, -0.2) is 13.1 Å². The Bertz CT molecular complexity index is 537. The van der Waals surface area contributed by atoms with Crippen molar-refractivity contribution >= 4 is 15.7 Å². The van der Waals surface area contributed by atoms with Crippen LogP contribution in [0.4, 0.5) is 5.69 Å². The minimum absolute atomic E-state index is 0.0923. The molecular formula is C15H26N2O2S. The van der Waals surface area contributed by atoms with Crippen LogP contribution in [0.25, 0.3) is 0 Å². The summed E-state index contributed by atoms with van der Waals surface area (Å²) >= 11 is 0. The van der Waals surface area contributed by atoms with Gasteiger partial charge < -0.3 is 5.32 Å². The lowest BCUT2D eigenvalue weighted by Gasteiger charge is -2.30. The molecule has 1 rings (SSSR count). The van der Waals surface area contributed by atoms with Crippen molar-refractivity contribution in [3.63, 3.8) is 0 Å². The van der Waals surface area contributed by atoms with Gasteiger partial charge in [-0.3, -0.25) is 0 Å². The molecule has 114 valence electrons. The summed E-state index contributed by atoms with van der Waals surface area (Å²) in [6, 6.07) is 7.02. The number of hydrogen-bond donors (Lipinski definition) is 2. The molecule has 2 N–H and O–H groups in total. The van der Waals surface area contributed by atoms with Gasteiger partial charge >= 0.3 is 0 Å². The van der Waals surface area contributed by atoms with Gasteiger partial charge in [-0.15, -0.1) is 0 Å². The molecule has 0 aliphatic rings. The Morgan fingerprint density at radius 1 is 1.20 bits per heavy atom. The molecular weight excluding hydrogens is 272 g/mol. The summed E-state index contributed by atoms with van der Waals surface area (Å²) < 4.78 is 26.9. The zero-order chi connectivity index (χ0) is 15.4. The third-order valence-electron chi connectivity index (χ3n) is 3.81. The monoisotopic (exact) mass is 298 g/mol. The second-order valence-corrected chi connectivity index (χ2v) is 7.73. The molecule has 0 heterocycles. The molecule has 0 aliphatic heterocycles. The molecule has 1 aromatic rings. The number of sulfonamides is 1. The first kappa shape index (κ1) is 17.0. The van der Waals surface area contributed by atoms with Crippen molar-refractivity contribution in [1.29, 1.82) is 0 Å². The highest BCUT2D eigenvalue weighted by molar-refractivity contribution is 7.89. The topological polar surface area (TPSA) is 58.2 Å². The lowest BCUT2D eigenvalue weighted by molar-refractivity contribution is 0.269. The number of hydrogen-bond acceptors (Lipinski definition) is 3. The average Bonchev–Trinajstić information content (AvgIpc) is 2.36. The fourth-order valence-electron chi connectivity index (χ4n) is 1.64. The van der Waals surface area contributed by atoms with Crippen molar-refractivity contribution in [3.8, 4) is 0 Å². The lowest BCUT2D eigenvalue weighted by atomic mass is 9.81. The first-order valence-electron chi connectivity index (χ1n) is 7.03. The standard InChI is InChI=1S/C15H26N2O2S/c1-6-17-20(18,19)14-10-8-7-9-13(14)16-11-15(4,5)12(2)3/h7-10,12,16-17H,6,11H2,1-5H3. The molecule has 0 radical (unpaired) electrons. The Balaban J connectivity index is 2.98. The van der Waals surface area contributed by atoms with Gasteiger partial charge in [-0.1, -0.05) is 46.8 Å². The number of rotatable bonds is 7. The maximum absolute atomic E-state index is 12.2. The number of anilines is 1. The maximum atomic E-state index is 12.2. The highest BCUT2D eigenvalue weighted by Crippen LogP contribution is 2.28. The van der Waals surface area contributed by atoms with E-state index in [0.717, 1.165) is 6.54 Å². The lowest BCUT2D eigenvalue weighted by Crippen LogP contribution is -2.30. The molecule has 1 aromatic carbocycles. The van der Waals surface area contributed by atoms with E-state index in [0.29, 0.717) is 23.0 Å². The summed E-state index contributed by atoms with van der Waals surface area (Å²) in [7, 11) is -3.44. The van der Waals surface area contributed by atoms with Gasteiger partial charge in [0.1, 0.15) is 4.90 Å². The smallest absolute Gasteiger partial charge is 0.242 e. The second-order valence-electron chi connectivity index (χ2n) is 5.99. The summed E-state index contributed by atoms with van der Waals surface area (Å²) in [4.78, 5) is 0.307. The first-order valence-corrected chi connectivity index (χ1v) is 8.51. The van der Waals surface area contributed by atoms with Crippen molar-refractivity contribution in [2.75, 3.05) is 18.4 Å². The van der Waals surface area contributed by atoms with E-state index in [1.54, 1.807) is 25.1 Å². The van der Waals surface area contributed by atoms with E-state index in [9.17, 15) is 8.42 Å².